The van der Waals surface area contributed by atoms with E-state index < -0.39 is 0 Å². The first kappa shape index (κ1) is 14.2. The zero-order chi connectivity index (χ0) is 13.2. The van der Waals surface area contributed by atoms with Gasteiger partial charge in [-0.15, -0.1) is 11.6 Å². The number of carbonyl (C=O) groups is 1. The lowest BCUT2D eigenvalue weighted by molar-refractivity contribution is -0.139. The Kier molecular flexibility index (Phi) is 4.58. The molecule has 18 heavy (non-hydrogen) atoms. The summed E-state index contributed by atoms with van der Waals surface area (Å²) in [6.07, 6.45) is 7.96. The summed E-state index contributed by atoms with van der Waals surface area (Å²) in [5, 5.41) is 0. The maximum atomic E-state index is 12.7. The summed E-state index contributed by atoms with van der Waals surface area (Å²) < 4.78 is 0. The van der Waals surface area contributed by atoms with Crippen LogP contribution in [0.3, 0.4) is 0 Å². The highest BCUT2D eigenvalue weighted by molar-refractivity contribution is 6.17. The van der Waals surface area contributed by atoms with Crippen LogP contribution in [0.25, 0.3) is 0 Å². The molecule has 1 saturated heterocycles. The van der Waals surface area contributed by atoms with E-state index in [1.807, 2.05) is 0 Å². The molecule has 0 bridgehead atoms. The van der Waals surface area contributed by atoms with Crippen molar-refractivity contribution in [3.63, 3.8) is 0 Å². The second kappa shape index (κ2) is 5.81. The molecule has 1 aliphatic heterocycles. The number of hydrogen-bond acceptors (Lipinski definition) is 1. The van der Waals surface area contributed by atoms with Crippen LogP contribution in [0, 0.1) is 11.3 Å². The number of carbonyl (C=O) groups excluding carboxylic acids is 1. The fraction of sp³-hybridized carbons (Fsp3) is 0.933. The molecule has 2 atom stereocenters. The number of hydrogen-bond donors (Lipinski definition) is 0. The third-order valence-corrected chi connectivity index (χ3v) is 5.15. The maximum Gasteiger partial charge on any atom is 0.226 e. The average Bonchev–Trinajstić information content (AvgIpc) is 2.91. The normalized spacial score (nSPS) is 30.9. The quantitative estimate of drug-likeness (QED) is 0.712. The Hall–Kier alpha value is -0.240. The summed E-state index contributed by atoms with van der Waals surface area (Å²) in [7, 11) is 0. The topological polar surface area (TPSA) is 20.3 Å². The van der Waals surface area contributed by atoms with E-state index in [4.69, 9.17) is 11.6 Å². The lowest BCUT2D eigenvalue weighted by atomic mass is 9.81. The highest BCUT2D eigenvalue weighted by Gasteiger charge is 2.43. The van der Waals surface area contributed by atoms with Crippen molar-refractivity contribution in [2.24, 2.45) is 11.3 Å². The van der Waals surface area contributed by atoms with Gasteiger partial charge in [-0.2, -0.15) is 0 Å². The molecule has 0 aromatic heterocycles. The maximum absolute atomic E-state index is 12.7. The zero-order valence-electron chi connectivity index (χ0n) is 11.8. The van der Waals surface area contributed by atoms with Gasteiger partial charge >= 0.3 is 0 Å². The van der Waals surface area contributed by atoms with E-state index in [1.165, 1.54) is 25.7 Å². The first-order chi connectivity index (χ1) is 8.56. The summed E-state index contributed by atoms with van der Waals surface area (Å²) in [4.78, 5) is 14.9. The number of likely N-dealkylation sites (tertiary alicyclic amines) is 1. The van der Waals surface area contributed by atoms with Crippen molar-refractivity contribution >= 4 is 17.5 Å². The summed E-state index contributed by atoms with van der Waals surface area (Å²) in [6.45, 7) is 5.48. The molecule has 2 fully saturated rings. The lowest BCUT2D eigenvalue weighted by Crippen LogP contribution is -2.42. The van der Waals surface area contributed by atoms with Gasteiger partial charge in [0.2, 0.25) is 5.91 Å². The minimum absolute atomic E-state index is 0.205. The van der Waals surface area contributed by atoms with Gasteiger partial charge in [0.1, 0.15) is 0 Å². The van der Waals surface area contributed by atoms with Crippen molar-refractivity contribution < 1.29 is 4.79 Å². The van der Waals surface area contributed by atoms with Gasteiger partial charge in [-0.25, -0.2) is 0 Å². The van der Waals surface area contributed by atoms with Crippen LogP contribution in [0.5, 0.6) is 0 Å². The second-order valence-electron chi connectivity index (χ2n) is 6.59. The van der Waals surface area contributed by atoms with Gasteiger partial charge in [-0.3, -0.25) is 4.79 Å². The number of amides is 1. The Labute approximate surface area is 116 Å². The van der Waals surface area contributed by atoms with E-state index in [9.17, 15) is 4.79 Å². The molecular formula is C15H26ClNO. The molecule has 2 nitrogen and oxygen atoms in total. The Morgan fingerprint density at radius 2 is 2.11 bits per heavy atom. The summed E-state index contributed by atoms with van der Waals surface area (Å²) in [5.74, 6) is 1.40. The Bertz CT molecular complexity index is 303. The molecule has 0 aromatic rings. The molecule has 2 aliphatic rings. The van der Waals surface area contributed by atoms with Crippen LogP contribution >= 0.6 is 11.6 Å². The third-order valence-electron chi connectivity index (χ3n) is 4.89. The average molecular weight is 272 g/mol. The van der Waals surface area contributed by atoms with E-state index in [2.05, 4.69) is 18.7 Å². The monoisotopic (exact) mass is 271 g/mol. The van der Waals surface area contributed by atoms with Gasteiger partial charge in [0.25, 0.3) is 0 Å². The van der Waals surface area contributed by atoms with Crippen molar-refractivity contribution in [1.82, 2.24) is 4.90 Å². The standard InChI is InChI=1S/C15H26ClNO/c1-15(2)9-3-8-13(15)14(18)17-11-5-7-12(17)6-4-10-16/h12-13H,3-11H2,1-2H3. The molecule has 0 N–H and O–H groups in total. The minimum Gasteiger partial charge on any atom is -0.339 e. The van der Waals surface area contributed by atoms with Gasteiger partial charge in [0, 0.05) is 24.4 Å². The number of alkyl halides is 1. The number of halogens is 1. The van der Waals surface area contributed by atoms with Crippen LogP contribution < -0.4 is 0 Å². The highest BCUT2D eigenvalue weighted by Crippen LogP contribution is 2.44. The van der Waals surface area contributed by atoms with Crippen LogP contribution in [-0.2, 0) is 4.79 Å². The summed E-state index contributed by atoms with van der Waals surface area (Å²) in [5.41, 5.74) is 0.205. The lowest BCUT2D eigenvalue weighted by Gasteiger charge is -2.33. The van der Waals surface area contributed by atoms with Gasteiger partial charge < -0.3 is 4.90 Å². The molecular weight excluding hydrogens is 246 g/mol. The molecule has 0 aromatic carbocycles. The number of rotatable bonds is 4. The van der Waals surface area contributed by atoms with Crippen molar-refractivity contribution in [3.05, 3.63) is 0 Å². The molecule has 2 unspecified atom stereocenters. The van der Waals surface area contributed by atoms with E-state index in [-0.39, 0.29) is 11.3 Å². The summed E-state index contributed by atoms with van der Waals surface area (Å²) in [6, 6.07) is 0.465. The second-order valence-corrected chi connectivity index (χ2v) is 6.97. The molecule has 1 amide bonds. The first-order valence-corrected chi connectivity index (χ1v) is 7.96. The predicted molar refractivity (Wildman–Crippen MR) is 75.8 cm³/mol. The predicted octanol–water partition coefficient (Wildman–Crippen LogP) is 3.82. The van der Waals surface area contributed by atoms with Crippen LogP contribution in [-0.4, -0.2) is 29.3 Å². The number of nitrogens with zero attached hydrogens (tertiary/aromatic N) is 1. The van der Waals surface area contributed by atoms with E-state index in [0.717, 1.165) is 25.8 Å². The van der Waals surface area contributed by atoms with Gasteiger partial charge in [0.15, 0.2) is 0 Å². The van der Waals surface area contributed by atoms with Crippen molar-refractivity contribution in [3.8, 4) is 0 Å². The smallest absolute Gasteiger partial charge is 0.226 e. The van der Waals surface area contributed by atoms with Crippen LogP contribution in [0.2, 0.25) is 0 Å². The molecule has 1 saturated carbocycles. The molecule has 0 radical (unpaired) electrons. The highest BCUT2D eigenvalue weighted by atomic mass is 35.5. The van der Waals surface area contributed by atoms with Gasteiger partial charge in [-0.05, 0) is 43.9 Å². The van der Waals surface area contributed by atoms with E-state index in [0.29, 0.717) is 17.8 Å². The van der Waals surface area contributed by atoms with Gasteiger partial charge in [0.05, 0.1) is 0 Å². The SMILES string of the molecule is CC1(C)CCCC1C(=O)N1CCCC1CCCCl. The Morgan fingerprint density at radius 3 is 2.72 bits per heavy atom. The molecule has 0 spiro atoms. The molecule has 104 valence electrons. The fourth-order valence-corrected chi connectivity index (χ4v) is 3.88. The zero-order valence-corrected chi connectivity index (χ0v) is 12.5. The van der Waals surface area contributed by atoms with Crippen LogP contribution in [0.4, 0.5) is 0 Å². The van der Waals surface area contributed by atoms with Crippen molar-refractivity contribution in [1.29, 1.82) is 0 Å². The Morgan fingerprint density at radius 1 is 1.33 bits per heavy atom. The molecule has 1 heterocycles. The Balaban J connectivity index is 1.99. The summed E-state index contributed by atoms with van der Waals surface area (Å²) >= 11 is 5.78. The minimum atomic E-state index is 0.205. The first-order valence-electron chi connectivity index (χ1n) is 7.43. The fourth-order valence-electron chi connectivity index (χ4n) is 3.72. The molecule has 1 aliphatic carbocycles. The van der Waals surface area contributed by atoms with Crippen LogP contribution in [0.15, 0.2) is 0 Å². The van der Waals surface area contributed by atoms with Crippen molar-refractivity contribution in [2.75, 3.05) is 12.4 Å². The van der Waals surface area contributed by atoms with Crippen molar-refractivity contribution in [2.45, 2.75) is 64.8 Å². The van der Waals surface area contributed by atoms with Crippen LogP contribution in [0.1, 0.15) is 58.8 Å². The van der Waals surface area contributed by atoms with Gasteiger partial charge in [-0.1, -0.05) is 20.3 Å². The third kappa shape index (κ3) is 2.84. The van der Waals surface area contributed by atoms with E-state index in [1.54, 1.807) is 0 Å². The molecule has 3 heteroatoms. The van der Waals surface area contributed by atoms with E-state index >= 15 is 0 Å². The molecule has 2 rings (SSSR count). The largest absolute Gasteiger partial charge is 0.339 e.